The first-order valence-corrected chi connectivity index (χ1v) is 4.21. The molecule has 6 heteroatoms. The van der Waals surface area contributed by atoms with E-state index in [1.54, 1.807) is 19.9 Å². The van der Waals surface area contributed by atoms with Gasteiger partial charge in [-0.2, -0.15) is 0 Å². The van der Waals surface area contributed by atoms with Crippen molar-refractivity contribution in [2.24, 2.45) is 0 Å². The Bertz CT molecular complexity index is 382. The lowest BCUT2D eigenvalue weighted by atomic mass is 10.2. The third-order valence-electron chi connectivity index (χ3n) is 1.65. The fourth-order valence-electron chi connectivity index (χ4n) is 1.07. The van der Waals surface area contributed by atoms with Gasteiger partial charge in [0.1, 0.15) is 11.5 Å². The van der Waals surface area contributed by atoms with Crippen molar-refractivity contribution in [1.29, 1.82) is 0 Å². The van der Waals surface area contributed by atoms with E-state index in [1.165, 1.54) is 0 Å². The van der Waals surface area contributed by atoms with Gasteiger partial charge in [0.05, 0.1) is 5.56 Å². The van der Waals surface area contributed by atoms with Gasteiger partial charge in [0.2, 0.25) is 0 Å². The molecule has 0 aliphatic carbocycles. The van der Waals surface area contributed by atoms with Gasteiger partial charge in [0.15, 0.2) is 6.61 Å². The fraction of sp³-hybridized carbons (Fsp3) is 0.333. The lowest BCUT2D eigenvalue weighted by Crippen LogP contribution is -2.26. The standard InChI is InChI=1S/C9H11NO5/c1-5-3-7(6(2)15-5)9(13)10-14-4-8(11)12/h3H,4H2,1-2H3,(H,10,13)(H,11,12). The summed E-state index contributed by atoms with van der Waals surface area (Å²) in [7, 11) is 0. The molecule has 0 spiro atoms. The van der Waals surface area contributed by atoms with Crippen LogP contribution in [0.15, 0.2) is 10.5 Å². The molecule has 15 heavy (non-hydrogen) atoms. The highest BCUT2D eigenvalue weighted by atomic mass is 16.7. The smallest absolute Gasteiger partial charge is 0.332 e. The molecule has 1 aromatic heterocycles. The minimum absolute atomic E-state index is 0.331. The number of hydrogen-bond donors (Lipinski definition) is 2. The van der Waals surface area contributed by atoms with E-state index in [2.05, 4.69) is 4.84 Å². The molecule has 1 heterocycles. The van der Waals surface area contributed by atoms with Crippen molar-refractivity contribution in [1.82, 2.24) is 5.48 Å². The molecule has 0 aliphatic heterocycles. The molecule has 2 N–H and O–H groups in total. The Hall–Kier alpha value is -1.82. The zero-order chi connectivity index (χ0) is 11.4. The van der Waals surface area contributed by atoms with Crippen molar-refractivity contribution in [3.8, 4) is 0 Å². The highest BCUT2D eigenvalue weighted by molar-refractivity contribution is 5.94. The van der Waals surface area contributed by atoms with Crippen LogP contribution in [0.4, 0.5) is 0 Å². The van der Waals surface area contributed by atoms with Crippen LogP contribution in [0.1, 0.15) is 21.9 Å². The number of carboxylic acids is 1. The molecule has 1 aromatic rings. The Balaban J connectivity index is 2.54. The number of furan rings is 1. The number of hydrogen-bond acceptors (Lipinski definition) is 4. The first-order chi connectivity index (χ1) is 7.00. The van der Waals surface area contributed by atoms with Crippen LogP contribution in [-0.4, -0.2) is 23.6 Å². The van der Waals surface area contributed by atoms with Gasteiger partial charge in [-0.1, -0.05) is 0 Å². The average Bonchev–Trinajstić information content (AvgIpc) is 2.44. The predicted octanol–water partition coefficient (Wildman–Crippen LogP) is 0.642. The lowest BCUT2D eigenvalue weighted by molar-refractivity contribution is -0.144. The molecule has 6 nitrogen and oxygen atoms in total. The molecule has 1 amide bonds. The summed E-state index contributed by atoms with van der Waals surface area (Å²) in [4.78, 5) is 25.9. The summed E-state index contributed by atoms with van der Waals surface area (Å²) >= 11 is 0. The summed E-state index contributed by atoms with van der Waals surface area (Å²) in [5.41, 5.74) is 2.34. The summed E-state index contributed by atoms with van der Waals surface area (Å²) in [5, 5.41) is 8.26. The van der Waals surface area contributed by atoms with E-state index < -0.39 is 18.5 Å². The number of amides is 1. The molecule has 0 radical (unpaired) electrons. The van der Waals surface area contributed by atoms with Gasteiger partial charge in [0.25, 0.3) is 5.91 Å². The SMILES string of the molecule is Cc1cc(C(=O)NOCC(=O)O)c(C)o1. The average molecular weight is 213 g/mol. The van der Waals surface area contributed by atoms with Gasteiger partial charge in [-0.05, 0) is 19.9 Å². The van der Waals surface area contributed by atoms with Crippen LogP contribution in [0.25, 0.3) is 0 Å². The van der Waals surface area contributed by atoms with Gasteiger partial charge in [-0.15, -0.1) is 0 Å². The largest absolute Gasteiger partial charge is 0.479 e. The molecular formula is C9H11NO5. The maximum atomic E-state index is 11.4. The summed E-state index contributed by atoms with van der Waals surface area (Å²) < 4.78 is 5.13. The maximum Gasteiger partial charge on any atom is 0.332 e. The lowest BCUT2D eigenvalue weighted by Gasteiger charge is -2.01. The van der Waals surface area contributed by atoms with E-state index in [0.29, 0.717) is 17.1 Å². The first kappa shape index (κ1) is 11.3. The zero-order valence-electron chi connectivity index (χ0n) is 8.36. The van der Waals surface area contributed by atoms with Crippen molar-refractivity contribution in [3.05, 3.63) is 23.2 Å². The number of aliphatic carboxylic acids is 1. The van der Waals surface area contributed by atoms with Gasteiger partial charge in [-0.3, -0.25) is 9.63 Å². The molecule has 0 aromatic carbocycles. The van der Waals surface area contributed by atoms with Crippen LogP contribution >= 0.6 is 0 Å². The minimum atomic E-state index is -1.16. The summed E-state index contributed by atoms with van der Waals surface area (Å²) in [5.74, 6) is -0.610. The summed E-state index contributed by atoms with van der Waals surface area (Å²) in [6.07, 6.45) is 0. The Labute approximate surface area is 85.8 Å². The highest BCUT2D eigenvalue weighted by Gasteiger charge is 2.13. The predicted molar refractivity (Wildman–Crippen MR) is 49.2 cm³/mol. The number of carboxylic acid groups (broad SMARTS) is 1. The van der Waals surface area contributed by atoms with Gasteiger partial charge in [0, 0.05) is 0 Å². The van der Waals surface area contributed by atoms with E-state index in [-0.39, 0.29) is 0 Å². The molecule has 0 saturated carbocycles. The maximum absolute atomic E-state index is 11.4. The quantitative estimate of drug-likeness (QED) is 0.716. The van der Waals surface area contributed by atoms with Crippen LogP contribution in [0.2, 0.25) is 0 Å². The van der Waals surface area contributed by atoms with E-state index in [9.17, 15) is 9.59 Å². The number of rotatable bonds is 4. The Morgan fingerprint density at radius 1 is 1.53 bits per heavy atom. The molecule has 0 bridgehead atoms. The molecule has 0 fully saturated rings. The van der Waals surface area contributed by atoms with E-state index in [0.717, 1.165) is 0 Å². The monoisotopic (exact) mass is 213 g/mol. The topological polar surface area (TPSA) is 88.8 Å². The zero-order valence-corrected chi connectivity index (χ0v) is 8.36. The van der Waals surface area contributed by atoms with Crippen LogP contribution < -0.4 is 5.48 Å². The Morgan fingerprint density at radius 3 is 2.67 bits per heavy atom. The van der Waals surface area contributed by atoms with Crippen LogP contribution in [0.3, 0.4) is 0 Å². The van der Waals surface area contributed by atoms with Crippen LogP contribution in [0, 0.1) is 13.8 Å². The number of aryl methyl sites for hydroxylation is 2. The number of carbonyl (C=O) groups is 2. The fourth-order valence-corrected chi connectivity index (χ4v) is 1.07. The van der Waals surface area contributed by atoms with E-state index in [4.69, 9.17) is 9.52 Å². The van der Waals surface area contributed by atoms with E-state index in [1.807, 2.05) is 5.48 Å². The highest BCUT2D eigenvalue weighted by Crippen LogP contribution is 2.12. The molecule has 82 valence electrons. The molecule has 0 saturated heterocycles. The summed E-state index contributed by atoms with van der Waals surface area (Å²) in [6.45, 7) is 2.77. The second kappa shape index (κ2) is 4.61. The number of carbonyl (C=O) groups excluding carboxylic acids is 1. The van der Waals surface area contributed by atoms with Gasteiger partial charge in [-0.25, -0.2) is 10.3 Å². The van der Waals surface area contributed by atoms with Gasteiger partial charge < -0.3 is 9.52 Å². The van der Waals surface area contributed by atoms with Crippen molar-refractivity contribution in [2.45, 2.75) is 13.8 Å². The van der Waals surface area contributed by atoms with Crippen LogP contribution in [-0.2, 0) is 9.63 Å². The molecule has 0 aliphatic rings. The minimum Gasteiger partial charge on any atom is -0.479 e. The molecule has 0 unspecified atom stereocenters. The normalized spacial score (nSPS) is 10.0. The van der Waals surface area contributed by atoms with E-state index >= 15 is 0 Å². The second-order valence-corrected chi connectivity index (χ2v) is 2.94. The molecule has 1 rings (SSSR count). The summed E-state index contributed by atoms with van der Waals surface area (Å²) in [6, 6.07) is 1.55. The van der Waals surface area contributed by atoms with Crippen molar-refractivity contribution < 1.29 is 24.0 Å². The van der Waals surface area contributed by atoms with Crippen molar-refractivity contribution in [2.75, 3.05) is 6.61 Å². The van der Waals surface area contributed by atoms with Crippen molar-refractivity contribution >= 4 is 11.9 Å². The molecular weight excluding hydrogens is 202 g/mol. The van der Waals surface area contributed by atoms with Gasteiger partial charge >= 0.3 is 5.97 Å². The number of hydroxylamine groups is 1. The third kappa shape index (κ3) is 3.10. The second-order valence-electron chi connectivity index (χ2n) is 2.94. The first-order valence-electron chi connectivity index (χ1n) is 4.21. The van der Waals surface area contributed by atoms with Crippen molar-refractivity contribution in [3.63, 3.8) is 0 Å². The molecule has 0 atom stereocenters. The number of nitrogens with one attached hydrogen (secondary N) is 1. The third-order valence-corrected chi connectivity index (χ3v) is 1.65. The van der Waals surface area contributed by atoms with Crippen LogP contribution in [0.5, 0.6) is 0 Å². The Kier molecular flexibility index (Phi) is 3.46. The Morgan fingerprint density at radius 2 is 2.20 bits per heavy atom.